The first-order valence-corrected chi connectivity index (χ1v) is 11.5. The van der Waals surface area contributed by atoms with Crippen LogP contribution in [0.4, 0.5) is 5.69 Å². The number of nitrogens with zero attached hydrogens (tertiary/aromatic N) is 2. The van der Waals surface area contributed by atoms with Gasteiger partial charge in [0.15, 0.2) is 0 Å². The van der Waals surface area contributed by atoms with E-state index in [0.717, 1.165) is 6.42 Å². The van der Waals surface area contributed by atoms with E-state index >= 15 is 0 Å². The van der Waals surface area contributed by atoms with Crippen molar-refractivity contribution < 1.29 is 29.0 Å². The van der Waals surface area contributed by atoms with Crippen LogP contribution in [0.15, 0.2) is 48.6 Å². The molecular formula is C24H25ClN2O6. The average Bonchev–Trinajstić information content (AvgIpc) is 3.20. The van der Waals surface area contributed by atoms with Gasteiger partial charge in [-0.15, -0.1) is 0 Å². The van der Waals surface area contributed by atoms with Crippen molar-refractivity contribution in [3.63, 3.8) is 0 Å². The molecular weight excluding hydrogens is 448 g/mol. The van der Waals surface area contributed by atoms with Crippen molar-refractivity contribution >= 4 is 35.1 Å². The Morgan fingerprint density at radius 3 is 2.76 bits per heavy atom. The first-order valence-electron chi connectivity index (χ1n) is 11.2. The Morgan fingerprint density at radius 1 is 1.15 bits per heavy atom. The Bertz CT molecular complexity index is 1040. The largest absolute Gasteiger partial charge is 0.465 e. The molecule has 8 nitrogen and oxygen atoms in total. The van der Waals surface area contributed by atoms with Gasteiger partial charge in [0.25, 0.3) is 5.91 Å². The third-order valence-corrected chi connectivity index (χ3v) is 7.15. The van der Waals surface area contributed by atoms with Crippen LogP contribution in [0, 0.1) is 11.8 Å². The van der Waals surface area contributed by atoms with Gasteiger partial charge in [0.2, 0.25) is 5.91 Å². The first kappa shape index (κ1) is 22.1. The molecule has 0 aliphatic carbocycles. The number of carbonyl (C=O) groups is 3. The van der Waals surface area contributed by atoms with E-state index in [1.54, 1.807) is 42.5 Å². The summed E-state index contributed by atoms with van der Waals surface area (Å²) in [5, 5.41) is 10.1. The zero-order chi connectivity index (χ0) is 23.2. The second kappa shape index (κ2) is 8.59. The molecule has 2 amide bonds. The summed E-state index contributed by atoms with van der Waals surface area (Å²) >= 11 is 6.39. The number of aliphatic hydroxyl groups is 1. The van der Waals surface area contributed by atoms with Crippen molar-refractivity contribution in [3.8, 4) is 0 Å². The molecule has 5 rings (SSSR count). The summed E-state index contributed by atoms with van der Waals surface area (Å²) in [4.78, 5) is 43.5. The van der Waals surface area contributed by atoms with Crippen LogP contribution < -0.4 is 4.90 Å². The zero-order valence-electron chi connectivity index (χ0n) is 17.9. The Labute approximate surface area is 196 Å². The molecule has 0 saturated carbocycles. The van der Waals surface area contributed by atoms with Gasteiger partial charge in [-0.2, -0.15) is 0 Å². The number of amides is 2. The molecule has 1 spiro atoms. The SMILES string of the molecule is O=C1OCCC/C=C\[C@H]2O[C@]34C=CCN(c5ccccc5Cl)C(=O)C3N(CCO)C(=O)[C@@H]4[C@@H]12. The van der Waals surface area contributed by atoms with Crippen LogP contribution in [0.3, 0.4) is 0 Å². The third kappa shape index (κ3) is 3.39. The second-order valence-corrected chi connectivity index (χ2v) is 9.04. The van der Waals surface area contributed by atoms with Gasteiger partial charge in [0.1, 0.15) is 17.6 Å². The molecule has 1 aromatic rings. The molecule has 1 N–H and O–H groups in total. The number of allylic oxidation sites excluding steroid dienone is 1. The van der Waals surface area contributed by atoms with E-state index in [4.69, 9.17) is 21.1 Å². The highest BCUT2D eigenvalue weighted by Gasteiger charge is 2.71. The van der Waals surface area contributed by atoms with E-state index in [-0.39, 0.29) is 32.2 Å². The van der Waals surface area contributed by atoms with Crippen LogP contribution in [-0.4, -0.2) is 71.8 Å². The third-order valence-electron chi connectivity index (χ3n) is 6.84. The maximum atomic E-state index is 14.0. The van der Waals surface area contributed by atoms with Gasteiger partial charge in [-0.05, 0) is 25.0 Å². The second-order valence-electron chi connectivity index (χ2n) is 8.64. The van der Waals surface area contributed by atoms with Crippen molar-refractivity contribution in [1.82, 2.24) is 4.90 Å². The smallest absolute Gasteiger partial charge is 0.312 e. The van der Waals surface area contributed by atoms with Gasteiger partial charge in [-0.1, -0.05) is 48.0 Å². The van der Waals surface area contributed by atoms with Crippen LogP contribution in [0.25, 0.3) is 0 Å². The molecule has 1 aromatic carbocycles. The van der Waals surface area contributed by atoms with Gasteiger partial charge < -0.3 is 24.4 Å². The number of fused-ring (bicyclic) bond motifs is 2. The minimum atomic E-state index is -1.35. The number of cyclic esters (lactones) is 1. The standard InChI is InChI=1S/C24H25ClN2O6/c25-15-7-3-4-8-16(15)26-11-6-10-24-19(21(29)27(12-13-28)20(24)22(26)30)18-17(33-24)9-2-1-5-14-32-23(18)31/h2-4,6-10,17-20,28H,1,5,11-14H2/b9-2-/t17-,18+,19+,20?,24+/m1/s1. The number of ether oxygens (including phenoxy) is 2. The quantitative estimate of drug-likeness (QED) is 0.531. The number of anilines is 1. The number of esters is 1. The summed E-state index contributed by atoms with van der Waals surface area (Å²) in [6, 6.07) is 5.94. The van der Waals surface area contributed by atoms with Crippen molar-refractivity contribution in [2.75, 3.05) is 31.2 Å². The van der Waals surface area contributed by atoms with Gasteiger partial charge >= 0.3 is 5.97 Å². The minimum absolute atomic E-state index is 0.0523. The first-order chi connectivity index (χ1) is 16.0. The summed E-state index contributed by atoms with van der Waals surface area (Å²) in [7, 11) is 0. The molecule has 0 bridgehead atoms. The van der Waals surface area contributed by atoms with E-state index in [9.17, 15) is 19.5 Å². The summed E-state index contributed by atoms with van der Waals surface area (Å²) in [5.41, 5.74) is -0.831. The number of hydrogen-bond acceptors (Lipinski definition) is 6. The topological polar surface area (TPSA) is 96.4 Å². The molecule has 5 atom stereocenters. The molecule has 4 aliphatic rings. The van der Waals surface area contributed by atoms with Gasteiger partial charge in [0.05, 0.1) is 35.9 Å². The van der Waals surface area contributed by atoms with E-state index in [1.807, 2.05) is 6.08 Å². The van der Waals surface area contributed by atoms with Crippen molar-refractivity contribution in [2.24, 2.45) is 11.8 Å². The van der Waals surface area contributed by atoms with Crippen molar-refractivity contribution in [2.45, 2.75) is 30.6 Å². The molecule has 2 saturated heterocycles. The molecule has 2 fully saturated rings. The maximum absolute atomic E-state index is 14.0. The lowest BCUT2D eigenvalue weighted by Crippen LogP contribution is -2.55. The number of halogens is 1. The van der Waals surface area contributed by atoms with Crippen LogP contribution in [0.1, 0.15) is 12.8 Å². The number of para-hydroxylation sites is 1. The van der Waals surface area contributed by atoms with Gasteiger partial charge in [0, 0.05) is 13.1 Å². The highest BCUT2D eigenvalue weighted by Crippen LogP contribution is 2.53. The predicted molar refractivity (Wildman–Crippen MR) is 119 cm³/mol. The summed E-state index contributed by atoms with van der Waals surface area (Å²) in [6.07, 6.45) is 7.99. The molecule has 174 valence electrons. The monoisotopic (exact) mass is 472 g/mol. The Morgan fingerprint density at radius 2 is 1.97 bits per heavy atom. The number of β-amino-alcohol motifs (C(OH)–C–C–N with tert-alkyl or cyclic N) is 1. The predicted octanol–water partition coefficient (Wildman–Crippen LogP) is 1.71. The van der Waals surface area contributed by atoms with E-state index < -0.39 is 41.5 Å². The van der Waals surface area contributed by atoms with Crippen LogP contribution >= 0.6 is 11.6 Å². The number of benzene rings is 1. The lowest BCUT2D eigenvalue weighted by atomic mass is 9.78. The lowest BCUT2D eigenvalue weighted by Gasteiger charge is -2.35. The highest BCUT2D eigenvalue weighted by atomic mass is 35.5. The van der Waals surface area contributed by atoms with Crippen molar-refractivity contribution in [3.05, 3.63) is 53.6 Å². The fraction of sp³-hybridized carbons (Fsp3) is 0.458. The summed E-state index contributed by atoms with van der Waals surface area (Å²) in [5.74, 6) is -3.08. The number of hydrogen-bond donors (Lipinski definition) is 1. The Kier molecular flexibility index (Phi) is 5.76. The molecule has 1 unspecified atom stereocenters. The van der Waals surface area contributed by atoms with E-state index in [2.05, 4.69) is 0 Å². The molecule has 33 heavy (non-hydrogen) atoms. The minimum Gasteiger partial charge on any atom is -0.465 e. The van der Waals surface area contributed by atoms with E-state index in [1.165, 1.54) is 9.80 Å². The van der Waals surface area contributed by atoms with E-state index in [0.29, 0.717) is 17.1 Å². The van der Waals surface area contributed by atoms with Crippen LogP contribution in [0.2, 0.25) is 5.02 Å². The maximum Gasteiger partial charge on any atom is 0.312 e. The Balaban J connectivity index is 1.62. The highest BCUT2D eigenvalue weighted by molar-refractivity contribution is 6.34. The zero-order valence-corrected chi connectivity index (χ0v) is 18.7. The van der Waals surface area contributed by atoms with Crippen molar-refractivity contribution in [1.29, 1.82) is 0 Å². The number of rotatable bonds is 3. The molecule has 4 heterocycles. The molecule has 4 aliphatic heterocycles. The molecule has 9 heteroatoms. The summed E-state index contributed by atoms with van der Waals surface area (Å²) < 4.78 is 11.9. The fourth-order valence-corrected chi connectivity index (χ4v) is 5.73. The normalized spacial score (nSPS) is 34.5. The fourth-order valence-electron chi connectivity index (χ4n) is 5.49. The molecule has 0 radical (unpaired) electrons. The van der Waals surface area contributed by atoms with Gasteiger partial charge in [-0.25, -0.2) is 0 Å². The molecule has 0 aromatic heterocycles. The number of likely N-dealkylation sites (tertiary alicyclic amines) is 1. The number of aliphatic hydroxyl groups excluding tert-OH is 1. The summed E-state index contributed by atoms with van der Waals surface area (Å²) in [6.45, 7) is 0.114. The van der Waals surface area contributed by atoms with Crippen LogP contribution in [-0.2, 0) is 23.9 Å². The number of carbonyl (C=O) groups excluding carboxylic acids is 3. The average molecular weight is 473 g/mol. The lowest BCUT2D eigenvalue weighted by molar-refractivity contribution is -0.154. The Hall–Kier alpha value is -2.68. The van der Waals surface area contributed by atoms with Gasteiger partial charge in [-0.3, -0.25) is 14.4 Å². The van der Waals surface area contributed by atoms with Crippen LogP contribution in [0.5, 0.6) is 0 Å².